The van der Waals surface area contributed by atoms with Gasteiger partial charge >= 0.3 is 24.0 Å². The Morgan fingerprint density at radius 3 is 2.19 bits per heavy atom. The monoisotopic (exact) mass is 396 g/mol. The van der Waals surface area contributed by atoms with Crippen LogP contribution in [0.3, 0.4) is 0 Å². The molecule has 1 heterocycles. The highest BCUT2D eigenvalue weighted by Crippen LogP contribution is 2.46. The van der Waals surface area contributed by atoms with Gasteiger partial charge in [0, 0.05) is 6.04 Å². The minimum atomic E-state index is -6.27. The Bertz CT molecular complexity index is 523. The van der Waals surface area contributed by atoms with Crippen molar-refractivity contribution >= 4 is 11.9 Å². The van der Waals surface area contributed by atoms with Crippen molar-refractivity contribution in [1.82, 2.24) is 10.2 Å². The SMILES string of the molecule is CC(C)N(CC(=O)[C@@H]1CCCN1)C(=O)OC(F)(F)C(F)(F)C(F)(F)CF. The third-order valence-corrected chi connectivity index (χ3v) is 3.84. The van der Waals surface area contributed by atoms with Crippen molar-refractivity contribution < 1.29 is 45.1 Å². The fraction of sp³-hybridized carbons (Fsp3) is 0.857. The van der Waals surface area contributed by atoms with Crippen molar-refractivity contribution in [2.45, 2.75) is 56.7 Å². The van der Waals surface area contributed by atoms with E-state index in [9.17, 15) is 40.3 Å². The molecule has 1 saturated heterocycles. The minimum absolute atomic E-state index is 0.403. The van der Waals surface area contributed by atoms with Gasteiger partial charge in [-0.2, -0.15) is 26.3 Å². The smallest absolute Gasteiger partial charge is 0.379 e. The van der Waals surface area contributed by atoms with Crippen LogP contribution in [0.1, 0.15) is 26.7 Å². The molecule has 1 aliphatic heterocycles. The number of halogens is 7. The van der Waals surface area contributed by atoms with Crippen molar-refractivity contribution in [2.24, 2.45) is 0 Å². The van der Waals surface area contributed by atoms with Crippen LogP contribution in [-0.4, -0.2) is 66.6 Å². The zero-order valence-corrected chi connectivity index (χ0v) is 14.0. The van der Waals surface area contributed by atoms with E-state index in [0.717, 1.165) is 0 Å². The zero-order valence-electron chi connectivity index (χ0n) is 14.0. The summed E-state index contributed by atoms with van der Waals surface area (Å²) in [4.78, 5) is 24.2. The number of carbonyl (C=O) groups is 2. The van der Waals surface area contributed by atoms with Crippen LogP contribution in [0, 0.1) is 0 Å². The third kappa shape index (κ3) is 4.57. The summed E-state index contributed by atoms with van der Waals surface area (Å²) in [6.07, 6.45) is -6.96. The summed E-state index contributed by atoms with van der Waals surface area (Å²) >= 11 is 0. The maximum atomic E-state index is 13.4. The standard InChI is InChI=1S/C14H19F7N2O3/c1-8(2)23(6-10(24)9-4-3-5-22-9)11(25)26-14(20,21)13(18,19)12(16,17)7-15/h8-9,22H,3-7H2,1-2H3/t9-/m0/s1. The third-order valence-electron chi connectivity index (χ3n) is 3.84. The second-order valence-electron chi connectivity index (χ2n) is 6.13. The van der Waals surface area contributed by atoms with E-state index in [-0.39, 0.29) is 0 Å². The summed E-state index contributed by atoms with van der Waals surface area (Å²) in [6, 6.07) is -1.57. The van der Waals surface area contributed by atoms with Crippen LogP contribution in [0.4, 0.5) is 35.5 Å². The molecule has 1 N–H and O–H groups in total. The van der Waals surface area contributed by atoms with Crippen molar-refractivity contribution in [3.05, 3.63) is 0 Å². The Labute approximate surface area is 144 Å². The van der Waals surface area contributed by atoms with Gasteiger partial charge < -0.3 is 10.1 Å². The van der Waals surface area contributed by atoms with E-state index in [1.807, 2.05) is 0 Å². The first-order valence-electron chi connectivity index (χ1n) is 7.72. The largest absolute Gasteiger partial charge is 0.474 e. The van der Waals surface area contributed by atoms with Gasteiger partial charge in [-0.1, -0.05) is 0 Å². The Balaban J connectivity index is 2.90. The molecule has 1 aliphatic rings. The van der Waals surface area contributed by atoms with Crippen molar-refractivity contribution in [2.75, 3.05) is 19.8 Å². The second kappa shape index (κ2) is 7.97. The van der Waals surface area contributed by atoms with Crippen molar-refractivity contribution in [3.63, 3.8) is 0 Å². The first kappa shape index (κ1) is 22.5. The van der Waals surface area contributed by atoms with Gasteiger partial charge in [0.2, 0.25) is 0 Å². The fourth-order valence-corrected chi connectivity index (χ4v) is 2.22. The maximum Gasteiger partial charge on any atom is 0.474 e. The fourth-order valence-electron chi connectivity index (χ4n) is 2.22. The summed E-state index contributed by atoms with van der Waals surface area (Å²) in [6.45, 7) is -0.723. The van der Waals surface area contributed by atoms with Crippen LogP contribution in [-0.2, 0) is 9.53 Å². The van der Waals surface area contributed by atoms with Gasteiger partial charge in [0.05, 0.1) is 12.6 Å². The van der Waals surface area contributed by atoms with Crippen LogP contribution in [0.5, 0.6) is 0 Å². The zero-order chi connectivity index (χ0) is 20.3. The average Bonchev–Trinajstić information content (AvgIpc) is 3.05. The van der Waals surface area contributed by atoms with Crippen LogP contribution in [0.15, 0.2) is 0 Å². The highest BCUT2D eigenvalue weighted by Gasteiger charge is 2.75. The normalized spacial score (nSPS) is 18.9. The van der Waals surface area contributed by atoms with Gasteiger partial charge in [0.25, 0.3) is 0 Å². The first-order valence-corrected chi connectivity index (χ1v) is 7.72. The predicted molar refractivity (Wildman–Crippen MR) is 75.2 cm³/mol. The summed E-state index contributed by atoms with van der Waals surface area (Å²) in [5.41, 5.74) is 0. The number of hydrogen-bond donors (Lipinski definition) is 1. The average molecular weight is 396 g/mol. The van der Waals surface area contributed by atoms with E-state index in [4.69, 9.17) is 0 Å². The van der Waals surface area contributed by atoms with Crippen LogP contribution in [0.25, 0.3) is 0 Å². The van der Waals surface area contributed by atoms with Crippen LogP contribution in [0.2, 0.25) is 0 Å². The highest BCUT2D eigenvalue weighted by atomic mass is 19.4. The number of alkyl halides is 7. The number of nitrogens with one attached hydrogen (secondary N) is 1. The molecule has 1 rings (SSSR count). The lowest BCUT2D eigenvalue weighted by Gasteiger charge is -2.33. The van der Waals surface area contributed by atoms with Gasteiger partial charge in [0.1, 0.15) is 0 Å². The number of ether oxygens (including phenoxy) is 1. The Morgan fingerprint density at radius 1 is 1.19 bits per heavy atom. The van der Waals surface area contributed by atoms with E-state index in [0.29, 0.717) is 24.3 Å². The highest BCUT2D eigenvalue weighted by molar-refractivity contribution is 5.88. The van der Waals surface area contributed by atoms with Crippen molar-refractivity contribution in [1.29, 1.82) is 0 Å². The number of amides is 1. The first-order chi connectivity index (χ1) is 11.8. The van der Waals surface area contributed by atoms with Gasteiger partial charge in [-0.15, -0.1) is 0 Å². The lowest BCUT2D eigenvalue weighted by atomic mass is 10.1. The number of hydrogen-bond acceptors (Lipinski definition) is 4. The molecule has 26 heavy (non-hydrogen) atoms. The lowest BCUT2D eigenvalue weighted by molar-refractivity contribution is -0.383. The molecule has 1 fully saturated rings. The molecule has 1 amide bonds. The summed E-state index contributed by atoms with van der Waals surface area (Å²) < 4.78 is 94.1. The number of rotatable bonds is 8. The summed E-state index contributed by atoms with van der Waals surface area (Å²) in [5, 5.41) is 2.80. The summed E-state index contributed by atoms with van der Waals surface area (Å²) in [7, 11) is 0. The van der Waals surface area contributed by atoms with E-state index >= 15 is 0 Å². The number of ketones is 1. The molecule has 0 aromatic carbocycles. The second-order valence-corrected chi connectivity index (χ2v) is 6.13. The topological polar surface area (TPSA) is 58.6 Å². The lowest BCUT2D eigenvalue weighted by Crippen LogP contribution is -2.58. The molecule has 0 aliphatic carbocycles. The van der Waals surface area contributed by atoms with E-state index in [2.05, 4.69) is 10.1 Å². The van der Waals surface area contributed by atoms with Crippen LogP contribution >= 0.6 is 0 Å². The van der Waals surface area contributed by atoms with E-state index in [1.54, 1.807) is 0 Å². The molecule has 1 atom stereocenters. The Kier molecular flexibility index (Phi) is 6.88. The molecule has 0 bridgehead atoms. The molecule has 0 aromatic heterocycles. The van der Waals surface area contributed by atoms with E-state index in [1.165, 1.54) is 13.8 Å². The molecular weight excluding hydrogens is 377 g/mol. The molecule has 12 heteroatoms. The molecule has 0 radical (unpaired) electrons. The molecule has 152 valence electrons. The number of Topliss-reactive ketones (excluding diaryl/α,β-unsaturated/α-hetero) is 1. The van der Waals surface area contributed by atoms with Gasteiger partial charge in [-0.3, -0.25) is 9.69 Å². The van der Waals surface area contributed by atoms with Crippen LogP contribution < -0.4 is 5.32 Å². The molecule has 0 spiro atoms. The maximum absolute atomic E-state index is 13.4. The number of carbonyl (C=O) groups excluding carboxylic acids is 2. The molecule has 0 aromatic rings. The molecular formula is C14H19F7N2O3. The molecule has 5 nitrogen and oxygen atoms in total. The number of nitrogens with zero attached hydrogens (tertiary/aromatic N) is 1. The molecule has 0 unspecified atom stereocenters. The van der Waals surface area contributed by atoms with Crippen molar-refractivity contribution in [3.8, 4) is 0 Å². The van der Waals surface area contributed by atoms with E-state index < -0.39 is 55.1 Å². The Hall–Kier alpha value is -1.59. The Morgan fingerprint density at radius 2 is 1.77 bits per heavy atom. The minimum Gasteiger partial charge on any atom is -0.379 e. The van der Waals surface area contributed by atoms with Gasteiger partial charge in [0.15, 0.2) is 12.5 Å². The quantitative estimate of drug-likeness (QED) is 0.641. The predicted octanol–water partition coefficient (Wildman–Crippen LogP) is 2.99. The molecule has 0 saturated carbocycles. The van der Waals surface area contributed by atoms with Gasteiger partial charge in [-0.05, 0) is 33.2 Å². The van der Waals surface area contributed by atoms with Gasteiger partial charge in [-0.25, -0.2) is 9.18 Å². The summed E-state index contributed by atoms with van der Waals surface area (Å²) in [5.74, 6) is -12.6.